The van der Waals surface area contributed by atoms with Crippen LogP contribution >= 0.6 is 23.1 Å². The van der Waals surface area contributed by atoms with Crippen LogP contribution in [0.1, 0.15) is 42.1 Å². The van der Waals surface area contributed by atoms with Crippen LogP contribution in [0.4, 0.5) is 5.13 Å². The van der Waals surface area contributed by atoms with Crippen molar-refractivity contribution in [3.05, 3.63) is 46.6 Å². The van der Waals surface area contributed by atoms with Crippen LogP contribution in [-0.2, 0) is 17.6 Å². The van der Waals surface area contributed by atoms with Gasteiger partial charge in [-0.25, -0.2) is 9.97 Å². The maximum Gasteiger partial charge on any atom is 0.239 e. The van der Waals surface area contributed by atoms with Crippen LogP contribution in [0.3, 0.4) is 0 Å². The van der Waals surface area contributed by atoms with Crippen molar-refractivity contribution in [3.63, 3.8) is 0 Å². The van der Waals surface area contributed by atoms with Crippen LogP contribution < -0.4 is 5.32 Å². The van der Waals surface area contributed by atoms with E-state index in [0.717, 1.165) is 35.2 Å². The van der Waals surface area contributed by atoms with Crippen LogP contribution in [0.2, 0.25) is 0 Å². The van der Waals surface area contributed by atoms with E-state index in [4.69, 9.17) is 4.98 Å². The van der Waals surface area contributed by atoms with Crippen molar-refractivity contribution in [2.75, 3.05) is 5.32 Å². The van der Waals surface area contributed by atoms with E-state index in [-0.39, 0.29) is 11.2 Å². The molecule has 0 saturated carbocycles. The number of nitrogens with one attached hydrogen (secondary N) is 1. The van der Waals surface area contributed by atoms with E-state index in [1.165, 1.54) is 34.2 Å². The topological polar surface area (TPSA) is 78.7 Å². The van der Waals surface area contributed by atoms with Crippen LogP contribution in [0, 0.1) is 18.3 Å². The molecule has 0 radical (unpaired) electrons. The summed E-state index contributed by atoms with van der Waals surface area (Å²) >= 11 is 2.85. The molecular formula is C21H20N4OS2. The SMILES string of the molecule is CCC(Sc1nc2c(cc1C#N)CCC2)C(=O)Nc1nc2ccc(C)cc2s1. The molecule has 1 aromatic carbocycles. The smallest absolute Gasteiger partial charge is 0.239 e. The van der Waals surface area contributed by atoms with Gasteiger partial charge in [0.15, 0.2) is 5.13 Å². The Labute approximate surface area is 172 Å². The third kappa shape index (κ3) is 3.75. The first-order valence-corrected chi connectivity index (χ1v) is 11.0. The number of nitriles is 1. The molecule has 5 nitrogen and oxygen atoms in total. The number of nitrogens with zero attached hydrogens (tertiary/aromatic N) is 3. The van der Waals surface area contributed by atoms with Crippen molar-refractivity contribution in [2.24, 2.45) is 0 Å². The molecule has 1 atom stereocenters. The molecule has 0 aliphatic heterocycles. The van der Waals surface area contributed by atoms with Gasteiger partial charge in [0.05, 0.1) is 21.0 Å². The standard InChI is InChI=1S/C21H20N4OS2/c1-3-17(27-20-14(11-22)10-13-5-4-6-15(13)23-20)19(26)25-21-24-16-8-7-12(2)9-18(16)28-21/h7-10,17H,3-6H2,1-2H3,(H,24,25,26). The molecular weight excluding hydrogens is 388 g/mol. The number of thioether (sulfide) groups is 1. The number of benzene rings is 1. The van der Waals surface area contributed by atoms with Crippen LogP contribution in [0.15, 0.2) is 29.3 Å². The summed E-state index contributed by atoms with van der Waals surface area (Å²) in [7, 11) is 0. The van der Waals surface area contributed by atoms with Gasteiger partial charge in [0.1, 0.15) is 11.1 Å². The maximum atomic E-state index is 12.8. The first kappa shape index (κ1) is 18.9. The van der Waals surface area contributed by atoms with Gasteiger partial charge in [0, 0.05) is 5.69 Å². The molecule has 4 rings (SSSR count). The zero-order valence-corrected chi connectivity index (χ0v) is 17.4. The van der Waals surface area contributed by atoms with Gasteiger partial charge in [-0.3, -0.25) is 4.79 Å². The summed E-state index contributed by atoms with van der Waals surface area (Å²) in [6.45, 7) is 4.01. The molecule has 1 N–H and O–H groups in total. The summed E-state index contributed by atoms with van der Waals surface area (Å²) in [5.41, 5.74) is 4.86. The van der Waals surface area contributed by atoms with Gasteiger partial charge < -0.3 is 5.32 Å². The van der Waals surface area contributed by atoms with Crippen molar-refractivity contribution in [3.8, 4) is 6.07 Å². The fraction of sp³-hybridized carbons (Fsp3) is 0.333. The van der Waals surface area contributed by atoms with E-state index < -0.39 is 0 Å². The Morgan fingerprint density at radius 2 is 2.21 bits per heavy atom. The molecule has 3 aromatic rings. The summed E-state index contributed by atoms with van der Waals surface area (Å²) in [5, 5.41) is 13.4. The van der Waals surface area contributed by atoms with Crippen molar-refractivity contribution in [2.45, 2.75) is 49.8 Å². The molecule has 142 valence electrons. The Balaban J connectivity index is 1.53. The van der Waals surface area contributed by atoms with Gasteiger partial charge in [-0.1, -0.05) is 36.1 Å². The summed E-state index contributed by atoms with van der Waals surface area (Å²) in [6, 6.07) is 10.2. The average Bonchev–Trinajstić information content (AvgIpc) is 3.30. The van der Waals surface area contributed by atoms with E-state index in [2.05, 4.69) is 22.4 Å². The lowest BCUT2D eigenvalue weighted by molar-refractivity contribution is -0.115. The fourth-order valence-electron chi connectivity index (χ4n) is 3.35. The zero-order chi connectivity index (χ0) is 19.7. The predicted octanol–water partition coefficient (Wildman–Crippen LogP) is 4.87. The number of hydrogen-bond donors (Lipinski definition) is 1. The maximum absolute atomic E-state index is 12.8. The minimum absolute atomic E-state index is 0.102. The van der Waals surface area contributed by atoms with Crippen LogP contribution in [-0.4, -0.2) is 21.1 Å². The Morgan fingerprint density at radius 1 is 1.36 bits per heavy atom. The number of amides is 1. The summed E-state index contributed by atoms with van der Waals surface area (Å²) in [5.74, 6) is -0.102. The van der Waals surface area contributed by atoms with Crippen molar-refractivity contribution < 1.29 is 4.79 Å². The Bertz CT molecular complexity index is 1100. The number of thiazole rings is 1. The molecule has 0 fully saturated rings. The number of anilines is 1. The number of rotatable bonds is 5. The second kappa shape index (κ2) is 7.90. The summed E-state index contributed by atoms with van der Waals surface area (Å²) < 4.78 is 1.06. The number of aryl methyl sites for hydroxylation is 3. The normalized spacial score (nSPS) is 13.9. The highest BCUT2D eigenvalue weighted by atomic mass is 32.2. The van der Waals surface area contributed by atoms with E-state index in [0.29, 0.717) is 22.1 Å². The van der Waals surface area contributed by atoms with E-state index in [9.17, 15) is 10.1 Å². The van der Waals surface area contributed by atoms with Gasteiger partial charge in [-0.2, -0.15) is 5.26 Å². The van der Waals surface area contributed by atoms with Gasteiger partial charge >= 0.3 is 0 Å². The number of pyridine rings is 1. The largest absolute Gasteiger partial charge is 0.301 e. The molecule has 7 heteroatoms. The Kier molecular flexibility index (Phi) is 5.33. The minimum atomic E-state index is -0.326. The van der Waals surface area contributed by atoms with Gasteiger partial charge in [-0.05, 0) is 61.9 Å². The second-order valence-corrected chi connectivity index (χ2v) is 9.13. The quantitative estimate of drug-likeness (QED) is 0.609. The molecule has 0 spiro atoms. The second-order valence-electron chi connectivity index (χ2n) is 6.91. The Morgan fingerprint density at radius 3 is 3.00 bits per heavy atom. The van der Waals surface area contributed by atoms with E-state index >= 15 is 0 Å². The molecule has 1 aliphatic rings. The third-order valence-corrected chi connectivity index (χ3v) is 7.13. The number of aromatic nitrogens is 2. The molecule has 2 aromatic heterocycles. The molecule has 1 unspecified atom stereocenters. The molecule has 2 heterocycles. The lowest BCUT2D eigenvalue weighted by Gasteiger charge is -2.14. The van der Waals surface area contributed by atoms with Gasteiger partial charge in [-0.15, -0.1) is 0 Å². The van der Waals surface area contributed by atoms with E-state index in [1.54, 1.807) is 0 Å². The summed E-state index contributed by atoms with van der Waals surface area (Å²) in [6.07, 6.45) is 3.65. The van der Waals surface area contributed by atoms with Crippen molar-refractivity contribution >= 4 is 44.4 Å². The number of hydrogen-bond acceptors (Lipinski definition) is 6. The molecule has 28 heavy (non-hydrogen) atoms. The van der Waals surface area contributed by atoms with Crippen LogP contribution in [0.25, 0.3) is 10.2 Å². The average molecular weight is 409 g/mol. The molecule has 1 aliphatic carbocycles. The highest BCUT2D eigenvalue weighted by molar-refractivity contribution is 8.00. The first-order valence-electron chi connectivity index (χ1n) is 9.35. The summed E-state index contributed by atoms with van der Waals surface area (Å²) in [4.78, 5) is 22.1. The first-order chi connectivity index (χ1) is 13.6. The van der Waals surface area contributed by atoms with Gasteiger partial charge in [0.2, 0.25) is 5.91 Å². The predicted molar refractivity (Wildman–Crippen MR) is 114 cm³/mol. The molecule has 0 bridgehead atoms. The zero-order valence-electron chi connectivity index (χ0n) is 15.8. The highest BCUT2D eigenvalue weighted by Crippen LogP contribution is 2.32. The van der Waals surface area contributed by atoms with Gasteiger partial charge in [0.25, 0.3) is 0 Å². The Hall–Kier alpha value is -2.43. The van der Waals surface area contributed by atoms with Crippen molar-refractivity contribution in [1.82, 2.24) is 9.97 Å². The van der Waals surface area contributed by atoms with E-state index in [1.807, 2.05) is 32.0 Å². The minimum Gasteiger partial charge on any atom is -0.301 e. The highest BCUT2D eigenvalue weighted by Gasteiger charge is 2.24. The lowest BCUT2D eigenvalue weighted by atomic mass is 10.2. The third-order valence-electron chi connectivity index (χ3n) is 4.83. The number of carbonyl (C=O) groups is 1. The molecule has 0 saturated heterocycles. The monoisotopic (exact) mass is 408 g/mol. The molecule has 1 amide bonds. The number of carbonyl (C=O) groups excluding carboxylic acids is 1. The van der Waals surface area contributed by atoms with Crippen LogP contribution in [0.5, 0.6) is 0 Å². The number of fused-ring (bicyclic) bond motifs is 2. The lowest BCUT2D eigenvalue weighted by Crippen LogP contribution is -2.24. The van der Waals surface area contributed by atoms with Crippen molar-refractivity contribution in [1.29, 1.82) is 5.26 Å². The fourth-order valence-corrected chi connectivity index (χ4v) is 5.31.